The van der Waals surface area contributed by atoms with Crippen molar-refractivity contribution in [1.29, 1.82) is 5.26 Å². The lowest BCUT2D eigenvalue weighted by Gasteiger charge is -2.53. The van der Waals surface area contributed by atoms with Crippen LogP contribution in [0.1, 0.15) is 45.1 Å². The monoisotopic (exact) mass is 265 g/mol. The molecule has 1 fully saturated rings. The molecule has 0 radical (unpaired) electrons. The van der Waals surface area contributed by atoms with E-state index < -0.39 is 11.2 Å². The van der Waals surface area contributed by atoms with Gasteiger partial charge >= 0.3 is 0 Å². The number of rotatable bonds is 3. The van der Waals surface area contributed by atoms with Crippen molar-refractivity contribution < 1.29 is 4.39 Å². The van der Waals surface area contributed by atoms with Crippen LogP contribution in [0.25, 0.3) is 0 Å². The van der Waals surface area contributed by atoms with Crippen LogP contribution in [0.5, 0.6) is 0 Å². The average molecular weight is 266 g/mol. The number of halogens is 2. The molecule has 0 heterocycles. The summed E-state index contributed by atoms with van der Waals surface area (Å²) < 4.78 is 14.1. The van der Waals surface area contributed by atoms with Gasteiger partial charge in [0.1, 0.15) is 5.82 Å². The van der Waals surface area contributed by atoms with Crippen LogP contribution in [0.15, 0.2) is 18.2 Å². The number of hydrogen-bond acceptors (Lipinski definition) is 1. The summed E-state index contributed by atoms with van der Waals surface area (Å²) in [4.78, 5) is 0. The molecule has 96 valence electrons. The molecule has 0 bridgehead atoms. The highest BCUT2D eigenvalue weighted by atomic mass is 35.5. The van der Waals surface area contributed by atoms with Gasteiger partial charge in [-0.25, -0.2) is 4.39 Å². The van der Waals surface area contributed by atoms with Gasteiger partial charge in [-0.1, -0.05) is 50.4 Å². The van der Waals surface area contributed by atoms with Crippen molar-refractivity contribution >= 4 is 11.6 Å². The molecule has 18 heavy (non-hydrogen) atoms. The van der Waals surface area contributed by atoms with E-state index in [9.17, 15) is 9.65 Å². The van der Waals surface area contributed by atoms with Gasteiger partial charge in [-0.15, -0.1) is 0 Å². The summed E-state index contributed by atoms with van der Waals surface area (Å²) in [6, 6.07) is 7.26. The molecular weight excluding hydrogens is 249 g/mol. The predicted octanol–water partition coefficient (Wildman–Crippen LogP) is 4.84. The molecule has 1 aliphatic carbocycles. The number of benzene rings is 1. The maximum absolute atomic E-state index is 14.1. The van der Waals surface area contributed by atoms with Gasteiger partial charge in [0.25, 0.3) is 0 Å². The maximum Gasteiger partial charge on any atom is 0.146 e. The summed E-state index contributed by atoms with van der Waals surface area (Å²) in [5.41, 5.74) is -0.0130. The van der Waals surface area contributed by atoms with Crippen molar-refractivity contribution in [2.75, 3.05) is 0 Å². The number of nitriles is 1. The van der Waals surface area contributed by atoms with Gasteiger partial charge in [0.2, 0.25) is 0 Å². The molecule has 0 saturated heterocycles. The maximum atomic E-state index is 14.1. The first kappa shape index (κ1) is 13.4. The Balaban J connectivity index is 2.38. The largest absolute Gasteiger partial charge is 0.205 e. The molecular formula is C15H17ClFN. The second-order valence-electron chi connectivity index (χ2n) is 5.36. The van der Waals surface area contributed by atoms with E-state index in [1.807, 2.05) is 0 Å². The van der Waals surface area contributed by atoms with E-state index in [2.05, 4.69) is 19.9 Å². The molecule has 0 aliphatic heterocycles. The Morgan fingerprint density at radius 3 is 2.44 bits per heavy atom. The SMILES string of the molecule is CCC1(CC)CC(C#N)(c2cccc(Cl)c2F)C1. The lowest BCUT2D eigenvalue weighted by molar-refractivity contribution is 0.0459. The standard InChI is InChI=1S/C15H17ClFN/c1-3-14(4-2)8-15(9-14,10-18)11-6-5-7-12(16)13(11)17/h5-7H,3-4,8-9H2,1-2H3. The van der Waals surface area contributed by atoms with Crippen LogP contribution < -0.4 is 0 Å². The first-order chi connectivity index (χ1) is 8.52. The summed E-state index contributed by atoms with van der Waals surface area (Å²) >= 11 is 5.81. The van der Waals surface area contributed by atoms with Gasteiger partial charge in [-0.2, -0.15) is 5.26 Å². The number of hydrogen-bond donors (Lipinski definition) is 0. The Labute approximate surface area is 113 Å². The van der Waals surface area contributed by atoms with E-state index in [1.165, 1.54) is 6.07 Å². The van der Waals surface area contributed by atoms with E-state index >= 15 is 0 Å². The van der Waals surface area contributed by atoms with E-state index in [0.717, 1.165) is 25.7 Å². The molecule has 0 unspecified atom stereocenters. The minimum absolute atomic E-state index is 0.104. The molecule has 1 nitrogen and oxygen atoms in total. The quantitative estimate of drug-likeness (QED) is 0.767. The van der Waals surface area contributed by atoms with Gasteiger partial charge in [-0.3, -0.25) is 0 Å². The molecule has 2 rings (SSSR count). The van der Waals surface area contributed by atoms with Crippen LogP contribution in [0, 0.1) is 22.6 Å². The fraction of sp³-hybridized carbons (Fsp3) is 0.533. The van der Waals surface area contributed by atoms with Gasteiger partial charge < -0.3 is 0 Å². The van der Waals surface area contributed by atoms with Crippen LogP contribution in [-0.2, 0) is 5.41 Å². The summed E-state index contributed by atoms with van der Waals surface area (Å²) in [6.45, 7) is 4.28. The summed E-state index contributed by atoms with van der Waals surface area (Å²) in [5, 5.41) is 9.57. The van der Waals surface area contributed by atoms with Gasteiger partial charge in [0, 0.05) is 5.56 Å². The minimum atomic E-state index is -0.680. The molecule has 0 aromatic heterocycles. The van der Waals surface area contributed by atoms with Crippen LogP contribution in [-0.4, -0.2) is 0 Å². The van der Waals surface area contributed by atoms with Gasteiger partial charge in [-0.05, 0) is 24.3 Å². The van der Waals surface area contributed by atoms with Crippen molar-refractivity contribution in [2.45, 2.75) is 44.9 Å². The summed E-state index contributed by atoms with van der Waals surface area (Å²) in [5.74, 6) is -0.429. The highest BCUT2D eigenvalue weighted by molar-refractivity contribution is 6.30. The Kier molecular flexibility index (Phi) is 3.38. The Bertz CT molecular complexity index is 492. The Morgan fingerprint density at radius 1 is 1.33 bits per heavy atom. The smallest absolute Gasteiger partial charge is 0.146 e. The second kappa shape index (κ2) is 4.55. The van der Waals surface area contributed by atoms with Crippen molar-refractivity contribution in [2.24, 2.45) is 5.41 Å². The van der Waals surface area contributed by atoms with Crippen molar-refractivity contribution in [3.63, 3.8) is 0 Å². The van der Waals surface area contributed by atoms with Crippen LogP contribution in [0.3, 0.4) is 0 Å². The van der Waals surface area contributed by atoms with Crippen LogP contribution in [0.2, 0.25) is 5.02 Å². The zero-order valence-electron chi connectivity index (χ0n) is 10.8. The summed E-state index contributed by atoms with van der Waals surface area (Å²) in [7, 11) is 0. The third-order valence-electron chi connectivity index (χ3n) is 4.53. The van der Waals surface area contributed by atoms with E-state index in [4.69, 9.17) is 11.6 Å². The lowest BCUT2D eigenvalue weighted by Crippen LogP contribution is -2.48. The fourth-order valence-corrected chi connectivity index (χ4v) is 3.36. The first-order valence-corrected chi connectivity index (χ1v) is 6.76. The van der Waals surface area contributed by atoms with E-state index in [-0.39, 0.29) is 10.4 Å². The zero-order valence-corrected chi connectivity index (χ0v) is 11.5. The molecule has 0 amide bonds. The van der Waals surface area contributed by atoms with E-state index in [0.29, 0.717) is 5.56 Å². The van der Waals surface area contributed by atoms with Crippen molar-refractivity contribution in [1.82, 2.24) is 0 Å². The summed E-state index contributed by atoms with van der Waals surface area (Å²) in [6.07, 6.45) is 3.55. The fourth-order valence-electron chi connectivity index (χ4n) is 3.18. The molecule has 1 aromatic rings. The first-order valence-electron chi connectivity index (χ1n) is 6.38. The predicted molar refractivity (Wildman–Crippen MR) is 71.0 cm³/mol. The lowest BCUT2D eigenvalue weighted by atomic mass is 9.49. The zero-order chi connectivity index (χ0) is 13.4. The Hall–Kier alpha value is -1.07. The highest BCUT2D eigenvalue weighted by Crippen LogP contribution is 2.59. The highest BCUT2D eigenvalue weighted by Gasteiger charge is 2.55. The van der Waals surface area contributed by atoms with E-state index in [1.54, 1.807) is 12.1 Å². The van der Waals surface area contributed by atoms with Gasteiger partial charge in [0.05, 0.1) is 16.5 Å². The van der Waals surface area contributed by atoms with Gasteiger partial charge in [0.15, 0.2) is 0 Å². The second-order valence-corrected chi connectivity index (χ2v) is 5.76. The third kappa shape index (κ3) is 1.82. The molecule has 0 atom stereocenters. The molecule has 0 N–H and O–H groups in total. The average Bonchev–Trinajstić information content (AvgIpc) is 2.35. The van der Waals surface area contributed by atoms with Crippen molar-refractivity contribution in [3.05, 3.63) is 34.6 Å². The minimum Gasteiger partial charge on any atom is -0.205 e. The topological polar surface area (TPSA) is 23.8 Å². The normalized spacial score (nSPS) is 19.9. The molecule has 1 aromatic carbocycles. The Morgan fingerprint density at radius 2 is 1.94 bits per heavy atom. The third-order valence-corrected chi connectivity index (χ3v) is 4.83. The van der Waals surface area contributed by atoms with Crippen LogP contribution in [0.4, 0.5) is 4.39 Å². The van der Waals surface area contributed by atoms with Crippen LogP contribution >= 0.6 is 11.6 Å². The number of nitrogens with zero attached hydrogens (tertiary/aromatic N) is 1. The molecule has 3 heteroatoms. The molecule has 1 aliphatic rings. The molecule has 1 saturated carbocycles. The van der Waals surface area contributed by atoms with Crippen molar-refractivity contribution in [3.8, 4) is 6.07 Å². The molecule has 0 spiro atoms.